The zero-order valence-electron chi connectivity index (χ0n) is 9.73. The summed E-state index contributed by atoms with van der Waals surface area (Å²) in [7, 11) is 4.10. The van der Waals surface area contributed by atoms with Crippen LogP contribution in [0.3, 0.4) is 0 Å². The van der Waals surface area contributed by atoms with Gasteiger partial charge in [0.15, 0.2) is 0 Å². The van der Waals surface area contributed by atoms with Gasteiger partial charge >= 0.3 is 6.01 Å². The summed E-state index contributed by atoms with van der Waals surface area (Å²) < 4.78 is 5.41. The fourth-order valence-corrected chi connectivity index (χ4v) is 1.14. The highest BCUT2D eigenvalue weighted by Gasteiger charge is 1.97. The van der Waals surface area contributed by atoms with Crippen LogP contribution < -0.4 is 4.74 Å². The molecule has 0 N–H and O–H groups in total. The lowest BCUT2D eigenvalue weighted by molar-refractivity contribution is 0.263. The van der Waals surface area contributed by atoms with Crippen LogP contribution >= 0.6 is 0 Å². The monoisotopic (exact) mass is 209 g/mol. The van der Waals surface area contributed by atoms with Gasteiger partial charge in [0.05, 0.1) is 6.61 Å². The van der Waals surface area contributed by atoms with Crippen molar-refractivity contribution in [3.8, 4) is 6.01 Å². The fourth-order valence-electron chi connectivity index (χ4n) is 1.14. The first-order chi connectivity index (χ1) is 7.22. The van der Waals surface area contributed by atoms with E-state index in [4.69, 9.17) is 4.74 Å². The van der Waals surface area contributed by atoms with E-state index >= 15 is 0 Å². The highest BCUT2D eigenvalue weighted by Crippen LogP contribution is 2.03. The first-order valence-electron chi connectivity index (χ1n) is 5.31. The van der Waals surface area contributed by atoms with E-state index in [1.54, 1.807) is 0 Å². The van der Waals surface area contributed by atoms with Crippen molar-refractivity contribution in [3.05, 3.63) is 18.0 Å². The molecule has 1 heterocycles. The van der Waals surface area contributed by atoms with Crippen molar-refractivity contribution in [2.45, 2.75) is 19.8 Å². The molecule has 0 bridgehead atoms. The van der Waals surface area contributed by atoms with Gasteiger partial charge in [0.25, 0.3) is 0 Å². The Morgan fingerprint density at radius 1 is 1.27 bits per heavy atom. The van der Waals surface area contributed by atoms with Crippen LogP contribution in [-0.2, 0) is 6.42 Å². The van der Waals surface area contributed by atoms with Crippen molar-refractivity contribution in [2.75, 3.05) is 27.2 Å². The van der Waals surface area contributed by atoms with Crippen LogP contribution in [0.15, 0.2) is 12.4 Å². The Bertz CT molecular complexity index is 272. The maximum atomic E-state index is 5.41. The Balaban J connectivity index is 2.25. The molecule has 4 heteroatoms. The van der Waals surface area contributed by atoms with Gasteiger partial charge in [-0.25, -0.2) is 9.97 Å². The molecule has 0 fully saturated rings. The van der Waals surface area contributed by atoms with Crippen LogP contribution in [0.1, 0.15) is 18.9 Å². The standard InChI is InChI=1S/C11H19N3O/c1-4-10-8-12-11(13-9-10)15-7-5-6-14(2)3/h8-9H,4-7H2,1-3H3. The van der Waals surface area contributed by atoms with Gasteiger partial charge in [-0.2, -0.15) is 0 Å². The molecule has 1 rings (SSSR count). The minimum atomic E-state index is 0.478. The van der Waals surface area contributed by atoms with Gasteiger partial charge in [0.1, 0.15) is 0 Å². The van der Waals surface area contributed by atoms with E-state index in [1.807, 2.05) is 26.5 Å². The van der Waals surface area contributed by atoms with Crippen LogP contribution in [0.25, 0.3) is 0 Å². The summed E-state index contributed by atoms with van der Waals surface area (Å²) >= 11 is 0. The third-order valence-electron chi connectivity index (χ3n) is 2.07. The zero-order valence-corrected chi connectivity index (χ0v) is 9.73. The number of aryl methyl sites for hydroxylation is 1. The first-order valence-corrected chi connectivity index (χ1v) is 5.31. The molecular weight excluding hydrogens is 190 g/mol. The SMILES string of the molecule is CCc1cnc(OCCCN(C)C)nc1. The Morgan fingerprint density at radius 3 is 2.47 bits per heavy atom. The van der Waals surface area contributed by atoms with Crippen LogP contribution in [0, 0.1) is 0 Å². The molecule has 0 aromatic carbocycles. The lowest BCUT2D eigenvalue weighted by atomic mass is 10.3. The third kappa shape index (κ3) is 4.74. The van der Waals surface area contributed by atoms with E-state index in [0.717, 1.165) is 24.9 Å². The molecule has 0 unspecified atom stereocenters. The highest BCUT2D eigenvalue weighted by molar-refractivity contribution is 5.06. The molecule has 1 aromatic rings. The minimum absolute atomic E-state index is 0.478. The molecule has 0 amide bonds. The molecule has 0 aliphatic heterocycles. The van der Waals surface area contributed by atoms with E-state index in [9.17, 15) is 0 Å². The van der Waals surface area contributed by atoms with Gasteiger partial charge in [-0.3, -0.25) is 0 Å². The van der Waals surface area contributed by atoms with Gasteiger partial charge in [-0.15, -0.1) is 0 Å². The molecule has 0 saturated carbocycles. The topological polar surface area (TPSA) is 38.2 Å². The normalized spacial score (nSPS) is 10.7. The second-order valence-corrected chi connectivity index (χ2v) is 3.73. The number of ether oxygens (including phenoxy) is 1. The number of rotatable bonds is 6. The summed E-state index contributed by atoms with van der Waals surface area (Å²) in [4.78, 5) is 10.4. The molecule has 0 aliphatic carbocycles. The highest BCUT2D eigenvalue weighted by atomic mass is 16.5. The van der Waals surface area contributed by atoms with Crippen LogP contribution in [0.5, 0.6) is 6.01 Å². The second kappa shape index (κ2) is 6.35. The van der Waals surface area contributed by atoms with Crippen molar-refractivity contribution in [1.29, 1.82) is 0 Å². The van der Waals surface area contributed by atoms with Gasteiger partial charge in [-0.05, 0) is 32.5 Å². The Morgan fingerprint density at radius 2 is 1.93 bits per heavy atom. The second-order valence-electron chi connectivity index (χ2n) is 3.73. The predicted molar refractivity (Wildman–Crippen MR) is 60.1 cm³/mol. The predicted octanol–water partition coefficient (Wildman–Crippen LogP) is 1.37. The average molecular weight is 209 g/mol. The zero-order chi connectivity index (χ0) is 11.1. The van der Waals surface area contributed by atoms with Crippen molar-refractivity contribution < 1.29 is 4.74 Å². The summed E-state index contributed by atoms with van der Waals surface area (Å²) in [6.45, 7) is 3.77. The van der Waals surface area contributed by atoms with Crippen molar-refractivity contribution >= 4 is 0 Å². The van der Waals surface area contributed by atoms with E-state index < -0.39 is 0 Å². The van der Waals surface area contributed by atoms with E-state index in [-0.39, 0.29) is 0 Å². The molecular formula is C11H19N3O. The van der Waals surface area contributed by atoms with Gasteiger partial charge in [0, 0.05) is 18.9 Å². The average Bonchev–Trinajstić information content (AvgIpc) is 2.25. The molecule has 0 radical (unpaired) electrons. The fraction of sp³-hybridized carbons (Fsp3) is 0.636. The van der Waals surface area contributed by atoms with E-state index in [0.29, 0.717) is 12.6 Å². The molecule has 0 spiro atoms. The van der Waals surface area contributed by atoms with Crippen molar-refractivity contribution in [3.63, 3.8) is 0 Å². The largest absolute Gasteiger partial charge is 0.463 e. The maximum Gasteiger partial charge on any atom is 0.316 e. The van der Waals surface area contributed by atoms with Crippen LogP contribution in [-0.4, -0.2) is 42.1 Å². The summed E-state index contributed by atoms with van der Waals surface area (Å²) in [6.07, 6.45) is 5.58. The first kappa shape index (κ1) is 11.9. The summed E-state index contributed by atoms with van der Waals surface area (Å²) in [6, 6.07) is 0.478. The Kier molecular flexibility index (Phi) is 5.04. The number of hydrogen-bond acceptors (Lipinski definition) is 4. The summed E-state index contributed by atoms with van der Waals surface area (Å²) in [5.74, 6) is 0. The smallest absolute Gasteiger partial charge is 0.316 e. The molecule has 84 valence electrons. The molecule has 4 nitrogen and oxygen atoms in total. The molecule has 1 aromatic heterocycles. The number of hydrogen-bond donors (Lipinski definition) is 0. The molecule has 15 heavy (non-hydrogen) atoms. The maximum absolute atomic E-state index is 5.41. The molecule has 0 aliphatic rings. The summed E-state index contributed by atoms with van der Waals surface area (Å²) in [5.41, 5.74) is 1.13. The van der Waals surface area contributed by atoms with E-state index in [1.165, 1.54) is 0 Å². The Labute approximate surface area is 91.3 Å². The van der Waals surface area contributed by atoms with Gasteiger partial charge < -0.3 is 9.64 Å². The lowest BCUT2D eigenvalue weighted by Gasteiger charge is -2.09. The lowest BCUT2D eigenvalue weighted by Crippen LogP contribution is -2.15. The quantitative estimate of drug-likeness (QED) is 0.663. The van der Waals surface area contributed by atoms with Gasteiger partial charge in [0.2, 0.25) is 0 Å². The summed E-state index contributed by atoms with van der Waals surface area (Å²) in [5, 5.41) is 0. The Hall–Kier alpha value is -1.16. The van der Waals surface area contributed by atoms with Crippen LogP contribution in [0.2, 0.25) is 0 Å². The van der Waals surface area contributed by atoms with Crippen molar-refractivity contribution in [2.24, 2.45) is 0 Å². The van der Waals surface area contributed by atoms with Crippen molar-refractivity contribution in [1.82, 2.24) is 14.9 Å². The van der Waals surface area contributed by atoms with Crippen LogP contribution in [0.4, 0.5) is 0 Å². The van der Waals surface area contributed by atoms with E-state index in [2.05, 4.69) is 21.8 Å². The number of aromatic nitrogens is 2. The minimum Gasteiger partial charge on any atom is -0.463 e. The van der Waals surface area contributed by atoms with Gasteiger partial charge in [-0.1, -0.05) is 6.92 Å². The molecule has 0 saturated heterocycles. The third-order valence-corrected chi connectivity index (χ3v) is 2.07. The number of nitrogens with zero attached hydrogens (tertiary/aromatic N) is 3. The molecule has 0 atom stereocenters.